The molecule has 0 heterocycles. The Morgan fingerprint density at radius 2 is 1.83 bits per heavy atom. The topological polar surface area (TPSA) is 83.6 Å². The van der Waals surface area contributed by atoms with Crippen LogP contribution in [-0.2, 0) is 16.0 Å². The number of carboxylic acid groups (broad SMARTS) is 1. The maximum absolute atomic E-state index is 10.9. The summed E-state index contributed by atoms with van der Waals surface area (Å²) >= 11 is 0. The summed E-state index contributed by atoms with van der Waals surface area (Å²) in [6, 6.07) is 9.84. The van der Waals surface area contributed by atoms with Crippen molar-refractivity contribution in [2.75, 3.05) is 19.6 Å². The van der Waals surface area contributed by atoms with Gasteiger partial charge in [0.25, 0.3) is 0 Å². The quantitative estimate of drug-likeness (QED) is 0.703. The van der Waals surface area contributed by atoms with Crippen molar-refractivity contribution in [3.05, 3.63) is 35.9 Å². The van der Waals surface area contributed by atoms with Crippen LogP contribution in [0.1, 0.15) is 12.0 Å². The van der Waals surface area contributed by atoms with Crippen molar-refractivity contribution in [1.29, 1.82) is 0 Å². The Morgan fingerprint density at radius 3 is 2.39 bits per heavy atom. The Balaban J connectivity index is 2.45. The van der Waals surface area contributed by atoms with Crippen molar-refractivity contribution in [3.63, 3.8) is 0 Å². The first-order valence-electron chi connectivity index (χ1n) is 5.84. The van der Waals surface area contributed by atoms with E-state index < -0.39 is 11.9 Å². The lowest BCUT2D eigenvalue weighted by atomic mass is 10.1. The van der Waals surface area contributed by atoms with Gasteiger partial charge in [0.05, 0.1) is 13.0 Å². The fraction of sp³-hybridized carbons (Fsp3) is 0.385. The molecule has 1 amide bonds. The highest BCUT2D eigenvalue weighted by molar-refractivity contribution is 5.76. The standard InChI is InChI=1S/C13H18N2O3/c14-12(16)10-15(9-7-13(17)18)8-6-11-4-2-1-3-5-11/h1-5H,6-10H2,(H2,14,16)(H,17,18). The van der Waals surface area contributed by atoms with Crippen LogP contribution in [0.3, 0.4) is 0 Å². The number of nitrogens with two attached hydrogens (primary N) is 1. The minimum Gasteiger partial charge on any atom is -0.481 e. The van der Waals surface area contributed by atoms with Crippen molar-refractivity contribution in [2.24, 2.45) is 5.73 Å². The zero-order valence-corrected chi connectivity index (χ0v) is 10.2. The lowest BCUT2D eigenvalue weighted by Gasteiger charge is -2.19. The second-order valence-electron chi connectivity index (χ2n) is 4.12. The Kier molecular flexibility index (Phi) is 5.87. The number of primary amides is 1. The van der Waals surface area contributed by atoms with Crippen molar-refractivity contribution in [3.8, 4) is 0 Å². The average molecular weight is 250 g/mol. The molecule has 3 N–H and O–H groups in total. The lowest BCUT2D eigenvalue weighted by Crippen LogP contribution is -2.36. The van der Waals surface area contributed by atoms with Crippen LogP contribution in [0.4, 0.5) is 0 Å². The van der Waals surface area contributed by atoms with Gasteiger partial charge in [-0.2, -0.15) is 0 Å². The molecule has 0 saturated heterocycles. The summed E-state index contributed by atoms with van der Waals surface area (Å²) in [5, 5.41) is 8.64. The van der Waals surface area contributed by atoms with Crippen LogP contribution < -0.4 is 5.73 Å². The van der Waals surface area contributed by atoms with E-state index in [-0.39, 0.29) is 13.0 Å². The highest BCUT2D eigenvalue weighted by Gasteiger charge is 2.10. The van der Waals surface area contributed by atoms with Crippen LogP contribution in [0.15, 0.2) is 30.3 Å². The summed E-state index contributed by atoms with van der Waals surface area (Å²) in [4.78, 5) is 23.2. The van der Waals surface area contributed by atoms with E-state index in [1.807, 2.05) is 30.3 Å². The van der Waals surface area contributed by atoms with Gasteiger partial charge in [0.1, 0.15) is 0 Å². The molecule has 0 aliphatic heterocycles. The predicted octanol–water partition coefficient (Wildman–Crippen LogP) is 0.491. The fourth-order valence-corrected chi connectivity index (χ4v) is 1.68. The van der Waals surface area contributed by atoms with Gasteiger partial charge in [0.2, 0.25) is 5.91 Å². The molecule has 0 saturated carbocycles. The number of rotatable bonds is 8. The van der Waals surface area contributed by atoms with Crippen LogP contribution in [0.25, 0.3) is 0 Å². The minimum absolute atomic E-state index is 0.0159. The number of amides is 1. The molecule has 18 heavy (non-hydrogen) atoms. The molecule has 0 fully saturated rings. The molecule has 0 aromatic heterocycles. The third-order valence-electron chi connectivity index (χ3n) is 2.58. The SMILES string of the molecule is NC(=O)CN(CCC(=O)O)CCc1ccccc1. The molecule has 0 unspecified atom stereocenters. The van der Waals surface area contributed by atoms with Crippen LogP contribution >= 0.6 is 0 Å². The number of benzene rings is 1. The van der Waals surface area contributed by atoms with E-state index in [0.29, 0.717) is 13.1 Å². The summed E-state index contributed by atoms with van der Waals surface area (Å²) in [6.07, 6.45) is 0.788. The number of hydrogen-bond acceptors (Lipinski definition) is 3. The number of carbonyl (C=O) groups is 2. The maximum Gasteiger partial charge on any atom is 0.304 e. The van der Waals surface area contributed by atoms with Crippen molar-refractivity contribution in [2.45, 2.75) is 12.8 Å². The van der Waals surface area contributed by atoms with Gasteiger partial charge in [-0.3, -0.25) is 14.5 Å². The third kappa shape index (κ3) is 6.00. The van der Waals surface area contributed by atoms with Gasteiger partial charge in [0, 0.05) is 13.1 Å². The van der Waals surface area contributed by atoms with E-state index >= 15 is 0 Å². The summed E-state index contributed by atoms with van der Waals surface area (Å²) in [6.45, 7) is 1.06. The minimum atomic E-state index is -0.871. The van der Waals surface area contributed by atoms with Crippen LogP contribution in [0.2, 0.25) is 0 Å². The highest BCUT2D eigenvalue weighted by atomic mass is 16.4. The molecule has 98 valence electrons. The first-order valence-corrected chi connectivity index (χ1v) is 5.84. The second kappa shape index (κ2) is 7.45. The van der Waals surface area contributed by atoms with Gasteiger partial charge < -0.3 is 10.8 Å². The summed E-state index contributed by atoms with van der Waals surface area (Å²) < 4.78 is 0. The molecule has 0 spiro atoms. The van der Waals surface area contributed by atoms with Gasteiger partial charge in [-0.05, 0) is 12.0 Å². The first kappa shape index (κ1) is 14.2. The molecule has 0 aliphatic carbocycles. The lowest BCUT2D eigenvalue weighted by molar-refractivity contribution is -0.137. The van der Waals surface area contributed by atoms with Crippen molar-refractivity contribution >= 4 is 11.9 Å². The number of hydrogen-bond donors (Lipinski definition) is 2. The van der Waals surface area contributed by atoms with Crippen LogP contribution in [0, 0.1) is 0 Å². The number of carboxylic acids is 1. The largest absolute Gasteiger partial charge is 0.481 e. The maximum atomic E-state index is 10.9. The Bertz CT molecular complexity index is 392. The summed E-state index contributed by atoms with van der Waals surface area (Å²) in [5.41, 5.74) is 6.30. The number of nitrogens with zero attached hydrogens (tertiary/aromatic N) is 1. The van der Waals surface area contributed by atoms with E-state index in [9.17, 15) is 9.59 Å². The molecule has 1 rings (SSSR count). The normalized spacial score (nSPS) is 10.5. The molecule has 0 radical (unpaired) electrons. The number of aliphatic carboxylic acids is 1. The van der Waals surface area contributed by atoms with Gasteiger partial charge in [-0.15, -0.1) is 0 Å². The van der Waals surface area contributed by atoms with E-state index in [0.717, 1.165) is 12.0 Å². The van der Waals surface area contributed by atoms with E-state index in [1.165, 1.54) is 0 Å². The van der Waals surface area contributed by atoms with Crippen molar-refractivity contribution < 1.29 is 14.7 Å². The van der Waals surface area contributed by atoms with Crippen molar-refractivity contribution in [1.82, 2.24) is 4.90 Å². The smallest absolute Gasteiger partial charge is 0.304 e. The Hall–Kier alpha value is -1.88. The molecule has 0 bridgehead atoms. The summed E-state index contributed by atoms with van der Waals surface area (Å²) in [7, 11) is 0. The van der Waals surface area contributed by atoms with Gasteiger partial charge in [-0.1, -0.05) is 30.3 Å². The van der Waals surface area contributed by atoms with Crippen LogP contribution in [-0.4, -0.2) is 41.5 Å². The van der Waals surface area contributed by atoms with Gasteiger partial charge in [-0.25, -0.2) is 0 Å². The zero-order chi connectivity index (χ0) is 13.4. The van der Waals surface area contributed by atoms with E-state index in [2.05, 4.69) is 0 Å². The predicted molar refractivity (Wildman–Crippen MR) is 68.0 cm³/mol. The average Bonchev–Trinajstić information content (AvgIpc) is 2.33. The Morgan fingerprint density at radius 1 is 1.17 bits per heavy atom. The second-order valence-corrected chi connectivity index (χ2v) is 4.12. The summed E-state index contributed by atoms with van der Waals surface area (Å²) in [5.74, 6) is -1.31. The highest BCUT2D eigenvalue weighted by Crippen LogP contribution is 2.02. The molecule has 1 aromatic carbocycles. The molecule has 1 aromatic rings. The van der Waals surface area contributed by atoms with E-state index in [4.69, 9.17) is 10.8 Å². The fourth-order valence-electron chi connectivity index (χ4n) is 1.68. The molecule has 0 aliphatic rings. The molecular formula is C13H18N2O3. The van der Waals surface area contributed by atoms with E-state index in [1.54, 1.807) is 4.90 Å². The van der Waals surface area contributed by atoms with Gasteiger partial charge >= 0.3 is 5.97 Å². The van der Waals surface area contributed by atoms with Crippen LogP contribution in [0.5, 0.6) is 0 Å². The number of carbonyl (C=O) groups excluding carboxylic acids is 1. The molecular weight excluding hydrogens is 232 g/mol. The zero-order valence-electron chi connectivity index (χ0n) is 10.2. The Labute approximate surface area is 106 Å². The molecule has 5 heteroatoms. The monoisotopic (exact) mass is 250 g/mol. The molecule has 0 atom stereocenters. The molecule has 5 nitrogen and oxygen atoms in total. The first-order chi connectivity index (χ1) is 8.58. The van der Waals surface area contributed by atoms with Gasteiger partial charge in [0.15, 0.2) is 0 Å². The third-order valence-corrected chi connectivity index (χ3v) is 2.58.